The molecule has 5 heteroatoms. The zero-order valence-corrected chi connectivity index (χ0v) is 14.2. The molecule has 23 heavy (non-hydrogen) atoms. The topological polar surface area (TPSA) is 66.9 Å². The van der Waals surface area contributed by atoms with Gasteiger partial charge in [0.05, 0.1) is 0 Å². The predicted molar refractivity (Wildman–Crippen MR) is 93.9 cm³/mol. The first-order chi connectivity index (χ1) is 11.0. The lowest BCUT2D eigenvalue weighted by atomic mass is 10.0. The highest BCUT2D eigenvalue weighted by atomic mass is 16.1. The number of aromatic nitrogens is 2. The second kappa shape index (κ2) is 7.72. The standard InChI is InChI=1S/C18H24N4O/c1-5-14(6-2)18(23)20-17-10-9-16(21-22-17)19-15-8-7-12(3)11-13(15)4/h7-11,14H,5-6H2,1-4H3,(H,19,21)(H,20,22,23). The first-order valence-electron chi connectivity index (χ1n) is 8.02. The molecule has 0 atom stereocenters. The second-order valence-corrected chi connectivity index (χ2v) is 5.75. The van der Waals surface area contributed by atoms with Crippen molar-refractivity contribution in [1.82, 2.24) is 10.2 Å². The maximum absolute atomic E-state index is 12.0. The maximum Gasteiger partial charge on any atom is 0.228 e. The minimum atomic E-state index is -0.000566. The molecule has 1 aromatic carbocycles. The van der Waals surface area contributed by atoms with Crippen molar-refractivity contribution in [3.8, 4) is 0 Å². The van der Waals surface area contributed by atoms with Gasteiger partial charge in [0, 0.05) is 11.6 Å². The third-order valence-corrected chi connectivity index (χ3v) is 3.92. The van der Waals surface area contributed by atoms with E-state index in [4.69, 9.17) is 0 Å². The third kappa shape index (κ3) is 4.52. The van der Waals surface area contributed by atoms with E-state index in [1.54, 1.807) is 6.07 Å². The van der Waals surface area contributed by atoms with Gasteiger partial charge in [0.1, 0.15) is 0 Å². The summed E-state index contributed by atoms with van der Waals surface area (Å²) in [7, 11) is 0. The Morgan fingerprint density at radius 2 is 1.70 bits per heavy atom. The van der Waals surface area contributed by atoms with E-state index in [-0.39, 0.29) is 11.8 Å². The van der Waals surface area contributed by atoms with Crippen molar-refractivity contribution in [1.29, 1.82) is 0 Å². The number of rotatable bonds is 6. The Balaban J connectivity index is 2.03. The number of anilines is 3. The highest BCUT2D eigenvalue weighted by molar-refractivity contribution is 5.91. The quantitative estimate of drug-likeness (QED) is 0.838. The molecule has 1 aromatic heterocycles. The van der Waals surface area contributed by atoms with E-state index in [0.717, 1.165) is 24.1 Å². The predicted octanol–water partition coefficient (Wildman–Crippen LogP) is 4.21. The van der Waals surface area contributed by atoms with Crippen LogP contribution in [0.1, 0.15) is 37.8 Å². The fourth-order valence-corrected chi connectivity index (χ4v) is 2.45. The smallest absolute Gasteiger partial charge is 0.228 e. The molecule has 2 aromatic rings. The van der Waals surface area contributed by atoms with Crippen LogP contribution in [-0.4, -0.2) is 16.1 Å². The number of aryl methyl sites for hydroxylation is 2. The summed E-state index contributed by atoms with van der Waals surface area (Å²) in [6, 6.07) is 9.76. The maximum atomic E-state index is 12.0. The first-order valence-corrected chi connectivity index (χ1v) is 8.02. The molecule has 2 N–H and O–H groups in total. The first kappa shape index (κ1) is 16.9. The number of amides is 1. The molecule has 0 unspecified atom stereocenters. The van der Waals surface area contributed by atoms with Crippen molar-refractivity contribution in [2.75, 3.05) is 10.6 Å². The molecule has 0 saturated heterocycles. The number of hydrogen-bond donors (Lipinski definition) is 2. The minimum absolute atomic E-state index is 0.000566. The molecule has 0 spiro atoms. The van der Waals surface area contributed by atoms with E-state index in [1.165, 1.54) is 5.56 Å². The van der Waals surface area contributed by atoms with Gasteiger partial charge in [-0.15, -0.1) is 10.2 Å². The van der Waals surface area contributed by atoms with Gasteiger partial charge in [0.2, 0.25) is 5.91 Å². The second-order valence-electron chi connectivity index (χ2n) is 5.75. The highest BCUT2D eigenvalue weighted by Gasteiger charge is 2.14. The summed E-state index contributed by atoms with van der Waals surface area (Å²) in [5, 5.41) is 14.2. The lowest BCUT2D eigenvalue weighted by molar-refractivity contribution is -0.120. The number of nitrogens with zero attached hydrogens (tertiary/aromatic N) is 2. The zero-order valence-electron chi connectivity index (χ0n) is 14.2. The molecule has 122 valence electrons. The molecule has 2 rings (SSSR count). The third-order valence-electron chi connectivity index (χ3n) is 3.92. The number of carbonyl (C=O) groups excluding carboxylic acids is 1. The Morgan fingerprint density at radius 1 is 1.04 bits per heavy atom. The summed E-state index contributed by atoms with van der Waals surface area (Å²) in [5.74, 6) is 1.15. The fraction of sp³-hybridized carbons (Fsp3) is 0.389. The monoisotopic (exact) mass is 312 g/mol. The van der Waals surface area contributed by atoms with E-state index in [1.807, 2.05) is 39.0 Å². The van der Waals surface area contributed by atoms with Gasteiger partial charge in [-0.25, -0.2) is 0 Å². The Bertz CT molecular complexity index is 663. The van der Waals surface area contributed by atoms with Gasteiger partial charge in [-0.05, 0) is 50.5 Å². The van der Waals surface area contributed by atoms with E-state index < -0.39 is 0 Å². The van der Waals surface area contributed by atoms with E-state index in [2.05, 4.69) is 33.8 Å². The van der Waals surface area contributed by atoms with E-state index in [0.29, 0.717) is 11.6 Å². The molecule has 5 nitrogen and oxygen atoms in total. The lowest BCUT2D eigenvalue weighted by Gasteiger charge is -2.12. The number of carbonyl (C=O) groups is 1. The molecule has 0 fully saturated rings. The van der Waals surface area contributed by atoms with E-state index in [9.17, 15) is 4.79 Å². The highest BCUT2D eigenvalue weighted by Crippen LogP contribution is 2.20. The molecule has 0 aliphatic carbocycles. The van der Waals surface area contributed by atoms with Crippen LogP contribution >= 0.6 is 0 Å². The van der Waals surface area contributed by atoms with Crippen LogP contribution in [0.3, 0.4) is 0 Å². The van der Waals surface area contributed by atoms with Crippen LogP contribution < -0.4 is 10.6 Å². The number of nitrogens with one attached hydrogen (secondary N) is 2. The molecular formula is C18H24N4O. The van der Waals surface area contributed by atoms with Crippen molar-refractivity contribution >= 4 is 23.2 Å². The normalized spacial score (nSPS) is 10.7. The summed E-state index contributed by atoms with van der Waals surface area (Å²) in [5.41, 5.74) is 3.37. The molecule has 0 radical (unpaired) electrons. The average molecular weight is 312 g/mol. The van der Waals surface area contributed by atoms with Crippen LogP contribution in [0.2, 0.25) is 0 Å². The fourth-order valence-electron chi connectivity index (χ4n) is 2.45. The van der Waals surface area contributed by atoms with Crippen molar-refractivity contribution in [2.45, 2.75) is 40.5 Å². The van der Waals surface area contributed by atoms with Crippen LogP contribution in [0.15, 0.2) is 30.3 Å². The Kier molecular flexibility index (Phi) is 5.68. The zero-order chi connectivity index (χ0) is 16.8. The molecule has 0 aliphatic heterocycles. The summed E-state index contributed by atoms with van der Waals surface area (Å²) >= 11 is 0. The molecule has 1 heterocycles. The Hall–Kier alpha value is -2.43. The molecule has 0 saturated carbocycles. The van der Waals surface area contributed by atoms with Crippen molar-refractivity contribution < 1.29 is 4.79 Å². The van der Waals surface area contributed by atoms with Crippen LogP contribution in [0, 0.1) is 19.8 Å². The summed E-state index contributed by atoms with van der Waals surface area (Å²) < 4.78 is 0. The van der Waals surface area contributed by atoms with Crippen LogP contribution in [0.4, 0.5) is 17.3 Å². The number of hydrogen-bond acceptors (Lipinski definition) is 4. The van der Waals surface area contributed by atoms with Crippen molar-refractivity contribution in [2.24, 2.45) is 5.92 Å². The van der Waals surface area contributed by atoms with Crippen molar-refractivity contribution in [3.63, 3.8) is 0 Å². The Morgan fingerprint density at radius 3 is 2.26 bits per heavy atom. The SMILES string of the molecule is CCC(CC)C(=O)Nc1ccc(Nc2ccc(C)cc2C)nn1. The van der Waals surface area contributed by atoms with Gasteiger partial charge in [0.15, 0.2) is 11.6 Å². The van der Waals surface area contributed by atoms with Crippen LogP contribution in [0.25, 0.3) is 0 Å². The van der Waals surface area contributed by atoms with Crippen LogP contribution in [0.5, 0.6) is 0 Å². The van der Waals surface area contributed by atoms with Gasteiger partial charge < -0.3 is 10.6 Å². The van der Waals surface area contributed by atoms with Crippen LogP contribution in [-0.2, 0) is 4.79 Å². The van der Waals surface area contributed by atoms with Gasteiger partial charge in [0.25, 0.3) is 0 Å². The molecule has 0 aliphatic rings. The summed E-state index contributed by atoms with van der Waals surface area (Å²) in [4.78, 5) is 12.0. The Labute approximate surface area is 137 Å². The molecular weight excluding hydrogens is 288 g/mol. The summed E-state index contributed by atoms with van der Waals surface area (Å²) in [6.07, 6.45) is 1.64. The van der Waals surface area contributed by atoms with Gasteiger partial charge in [-0.1, -0.05) is 31.5 Å². The van der Waals surface area contributed by atoms with Crippen molar-refractivity contribution in [3.05, 3.63) is 41.5 Å². The van der Waals surface area contributed by atoms with E-state index >= 15 is 0 Å². The lowest BCUT2D eigenvalue weighted by Crippen LogP contribution is -2.22. The minimum Gasteiger partial charge on any atom is -0.339 e. The van der Waals surface area contributed by atoms with Gasteiger partial charge in [-0.3, -0.25) is 4.79 Å². The summed E-state index contributed by atoms with van der Waals surface area (Å²) in [6.45, 7) is 8.13. The van der Waals surface area contributed by atoms with Gasteiger partial charge >= 0.3 is 0 Å². The molecule has 1 amide bonds. The average Bonchev–Trinajstić information content (AvgIpc) is 2.53. The molecule has 0 bridgehead atoms. The number of benzene rings is 1. The van der Waals surface area contributed by atoms with Gasteiger partial charge in [-0.2, -0.15) is 0 Å². The largest absolute Gasteiger partial charge is 0.339 e.